The average molecular weight is 228 g/mol. The third-order valence-electron chi connectivity index (χ3n) is 4.10. The van der Waals surface area contributed by atoms with Crippen LogP contribution in [0.1, 0.15) is 39.0 Å². The van der Waals surface area contributed by atoms with Crippen molar-refractivity contribution in [1.29, 1.82) is 0 Å². The summed E-state index contributed by atoms with van der Waals surface area (Å²) >= 11 is 0. The maximum absolute atomic E-state index is 5.67. The van der Waals surface area contributed by atoms with Crippen LogP contribution in [0.15, 0.2) is 0 Å². The molecule has 2 aliphatic heterocycles. The zero-order valence-corrected chi connectivity index (χ0v) is 10.7. The molecule has 3 N–H and O–H groups in total. The van der Waals surface area contributed by atoms with Crippen LogP contribution in [-0.4, -0.2) is 44.9 Å². The van der Waals surface area contributed by atoms with Crippen molar-refractivity contribution < 1.29 is 15.0 Å². The van der Waals surface area contributed by atoms with Gasteiger partial charge in [-0.1, -0.05) is 6.92 Å². The van der Waals surface area contributed by atoms with Crippen molar-refractivity contribution in [2.45, 2.75) is 51.2 Å². The van der Waals surface area contributed by atoms with E-state index < -0.39 is 0 Å². The van der Waals surface area contributed by atoms with Crippen molar-refractivity contribution in [3.63, 3.8) is 0 Å². The molecule has 16 heavy (non-hydrogen) atoms. The van der Waals surface area contributed by atoms with Crippen LogP contribution >= 0.6 is 0 Å². The number of nitrogens with two attached hydrogens (primary N) is 1. The molecule has 0 aromatic carbocycles. The Morgan fingerprint density at radius 3 is 2.69 bits per heavy atom. The smallest absolute Gasteiger partial charge is 0.106 e. The summed E-state index contributed by atoms with van der Waals surface area (Å²) in [5, 5.41) is 2.55. The van der Waals surface area contributed by atoms with Crippen molar-refractivity contribution in [3.8, 4) is 0 Å². The van der Waals surface area contributed by atoms with E-state index >= 15 is 0 Å². The summed E-state index contributed by atoms with van der Waals surface area (Å²) in [7, 11) is 0. The Hall–Kier alpha value is -0.120. The Morgan fingerprint density at radius 1 is 1.25 bits per heavy atom. The Kier molecular flexibility index (Phi) is 5.07. The fourth-order valence-electron chi connectivity index (χ4n) is 3.06. The maximum Gasteiger partial charge on any atom is 0.106 e. The van der Waals surface area contributed by atoms with Crippen LogP contribution in [0.25, 0.3) is 0 Å². The van der Waals surface area contributed by atoms with Crippen molar-refractivity contribution in [3.05, 3.63) is 0 Å². The molecule has 2 rings (SSSR count). The van der Waals surface area contributed by atoms with Gasteiger partial charge >= 0.3 is 0 Å². The number of nitrogens with one attached hydrogen (secondary N) is 1. The molecule has 0 aromatic rings. The summed E-state index contributed by atoms with van der Waals surface area (Å²) in [5.41, 5.74) is 0. The Balaban J connectivity index is 1.57. The van der Waals surface area contributed by atoms with Gasteiger partial charge in [-0.05, 0) is 19.3 Å². The zero-order valence-electron chi connectivity index (χ0n) is 10.7. The lowest BCUT2D eigenvalue weighted by atomic mass is 10.0. The molecule has 0 spiro atoms. The molecule has 0 radical (unpaired) electrons. The molecule has 0 aromatic heterocycles. The minimum atomic E-state index is 0.556. The fraction of sp³-hybridized carbons (Fsp3) is 1.00. The fourth-order valence-corrected chi connectivity index (χ4v) is 3.06. The summed E-state index contributed by atoms with van der Waals surface area (Å²) in [5.74, 6) is 0. The first kappa shape index (κ1) is 12.3. The molecular weight excluding hydrogens is 200 g/mol. The molecule has 1 atom stereocenters. The van der Waals surface area contributed by atoms with Gasteiger partial charge in [0.05, 0.1) is 25.7 Å². The predicted octanol–water partition coefficient (Wildman–Crippen LogP) is -0.814. The van der Waals surface area contributed by atoms with Crippen molar-refractivity contribution >= 4 is 0 Å². The van der Waals surface area contributed by atoms with Gasteiger partial charge in [-0.15, -0.1) is 0 Å². The van der Waals surface area contributed by atoms with E-state index in [0.717, 1.165) is 12.6 Å². The van der Waals surface area contributed by atoms with Crippen molar-refractivity contribution in [2.75, 3.05) is 32.8 Å². The topological polar surface area (TPSA) is 30.3 Å². The minimum Gasteiger partial charge on any atom is -0.372 e. The van der Waals surface area contributed by atoms with Gasteiger partial charge in [-0.3, -0.25) is 0 Å². The molecule has 2 saturated heterocycles. The maximum atomic E-state index is 5.67. The van der Waals surface area contributed by atoms with E-state index in [-0.39, 0.29) is 0 Å². The molecule has 0 aliphatic carbocycles. The van der Waals surface area contributed by atoms with Gasteiger partial charge in [-0.2, -0.15) is 0 Å². The van der Waals surface area contributed by atoms with Crippen LogP contribution in [-0.2, 0) is 4.74 Å². The second-order valence-electron chi connectivity index (χ2n) is 5.44. The van der Waals surface area contributed by atoms with Crippen LogP contribution in [0.2, 0.25) is 0 Å². The molecule has 0 unspecified atom stereocenters. The summed E-state index contributed by atoms with van der Waals surface area (Å²) in [6, 6.07) is 0.879. The molecule has 2 heterocycles. The second kappa shape index (κ2) is 6.58. The Labute approximate surface area is 99.5 Å². The van der Waals surface area contributed by atoms with E-state index in [1.54, 1.807) is 0 Å². The van der Waals surface area contributed by atoms with E-state index in [1.165, 1.54) is 58.3 Å². The van der Waals surface area contributed by atoms with Crippen molar-refractivity contribution in [2.24, 2.45) is 0 Å². The molecule has 0 saturated carbocycles. The van der Waals surface area contributed by atoms with E-state index in [0.29, 0.717) is 6.10 Å². The second-order valence-corrected chi connectivity index (χ2v) is 5.44. The normalized spacial score (nSPS) is 35.4. The summed E-state index contributed by atoms with van der Waals surface area (Å²) in [4.78, 5) is 1.82. The van der Waals surface area contributed by atoms with Gasteiger partial charge in [0.2, 0.25) is 0 Å². The highest BCUT2D eigenvalue weighted by atomic mass is 16.5. The standard InChI is InChI=1S/C13H26N2O/c1-2-7-15-8-5-12(6-9-15)14-11-13-4-3-10-16-13/h12-14H,2-11H2,1H3/p+2/t13-/m1/s1. The molecule has 3 heteroatoms. The highest BCUT2D eigenvalue weighted by Crippen LogP contribution is 2.09. The monoisotopic (exact) mass is 228 g/mol. The van der Waals surface area contributed by atoms with Crippen LogP contribution in [0, 0.1) is 0 Å². The lowest BCUT2D eigenvalue weighted by molar-refractivity contribution is -0.913. The molecular formula is C13H28N2O+2. The number of rotatable bonds is 5. The van der Waals surface area contributed by atoms with Gasteiger partial charge < -0.3 is 15.0 Å². The first-order valence-electron chi connectivity index (χ1n) is 7.17. The van der Waals surface area contributed by atoms with E-state index in [9.17, 15) is 0 Å². The first-order valence-corrected chi connectivity index (χ1v) is 7.17. The first-order chi connectivity index (χ1) is 7.88. The van der Waals surface area contributed by atoms with Crippen LogP contribution in [0.3, 0.4) is 0 Å². The molecule has 0 amide bonds. The molecule has 2 aliphatic rings. The van der Waals surface area contributed by atoms with E-state index in [4.69, 9.17) is 4.74 Å². The van der Waals surface area contributed by atoms with Crippen molar-refractivity contribution in [1.82, 2.24) is 0 Å². The van der Waals surface area contributed by atoms with Gasteiger partial charge in [0.15, 0.2) is 0 Å². The third-order valence-corrected chi connectivity index (χ3v) is 4.10. The predicted molar refractivity (Wildman–Crippen MR) is 64.6 cm³/mol. The van der Waals surface area contributed by atoms with E-state index in [2.05, 4.69) is 12.2 Å². The van der Waals surface area contributed by atoms with Crippen LogP contribution < -0.4 is 10.2 Å². The minimum absolute atomic E-state index is 0.556. The largest absolute Gasteiger partial charge is 0.372 e. The Bertz CT molecular complexity index is 184. The summed E-state index contributed by atoms with van der Waals surface area (Å²) in [6.07, 6.45) is 7.26. The third kappa shape index (κ3) is 3.72. The van der Waals surface area contributed by atoms with Crippen LogP contribution in [0.5, 0.6) is 0 Å². The number of quaternary nitrogens is 2. The number of likely N-dealkylation sites (tertiary alicyclic amines) is 1. The number of hydrogen-bond donors (Lipinski definition) is 2. The number of hydrogen-bond acceptors (Lipinski definition) is 1. The zero-order chi connectivity index (χ0) is 11.2. The molecule has 94 valence electrons. The van der Waals surface area contributed by atoms with Gasteiger partial charge in [0.25, 0.3) is 0 Å². The molecule has 3 nitrogen and oxygen atoms in total. The number of ether oxygens (including phenoxy) is 1. The summed E-state index contributed by atoms with van der Waals surface area (Å²) in [6.45, 7) is 8.65. The average Bonchev–Trinajstić information content (AvgIpc) is 2.82. The van der Waals surface area contributed by atoms with E-state index in [1.807, 2.05) is 4.90 Å². The lowest BCUT2D eigenvalue weighted by Gasteiger charge is -2.28. The SMILES string of the molecule is CCC[NH+]1CCC([NH2+]C[C@H]2CCCO2)CC1. The van der Waals surface area contributed by atoms with Gasteiger partial charge in [0, 0.05) is 19.4 Å². The number of piperidine rings is 1. The lowest BCUT2D eigenvalue weighted by Crippen LogP contribution is -3.14. The highest BCUT2D eigenvalue weighted by Gasteiger charge is 2.25. The van der Waals surface area contributed by atoms with Crippen LogP contribution in [0.4, 0.5) is 0 Å². The Morgan fingerprint density at radius 2 is 2.06 bits per heavy atom. The highest BCUT2D eigenvalue weighted by molar-refractivity contribution is 4.64. The molecule has 2 fully saturated rings. The molecule has 0 bridgehead atoms. The van der Waals surface area contributed by atoms with Gasteiger partial charge in [-0.25, -0.2) is 0 Å². The summed E-state index contributed by atoms with van der Waals surface area (Å²) < 4.78 is 5.67. The van der Waals surface area contributed by atoms with Gasteiger partial charge in [0.1, 0.15) is 12.6 Å². The quantitative estimate of drug-likeness (QED) is 0.633.